The predicted octanol–water partition coefficient (Wildman–Crippen LogP) is 7.48. The van der Waals surface area contributed by atoms with Crippen molar-refractivity contribution in [2.45, 2.75) is 52.5 Å². The number of hydrogen-bond donors (Lipinski definition) is 1. The van der Waals surface area contributed by atoms with Crippen LogP contribution in [0.2, 0.25) is 15.1 Å². The van der Waals surface area contributed by atoms with E-state index in [1.807, 2.05) is 32.6 Å². The first-order valence-electron chi connectivity index (χ1n) is 8.14. The first-order chi connectivity index (χ1) is 12.4. The molecule has 0 unspecified atom stereocenters. The summed E-state index contributed by atoms with van der Waals surface area (Å²) in [4.78, 5) is 5.86. The van der Waals surface area contributed by atoms with E-state index >= 15 is 0 Å². The Morgan fingerprint density at radius 2 is 1.59 bits per heavy atom. The summed E-state index contributed by atoms with van der Waals surface area (Å²) < 4.78 is 40.5. The van der Waals surface area contributed by atoms with Crippen LogP contribution >= 0.6 is 46.1 Å². The second-order valence-electron chi connectivity index (χ2n) is 6.52. The SMILES string of the molecule is CC(C)N(Cc1sc(Nc2c(Cl)cc(Cl)cc2Cl)nc1C(F)(F)F)C(C)C. The van der Waals surface area contributed by atoms with Crippen molar-refractivity contribution < 1.29 is 13.2 Å². The molecule has 1 heterocycles. The Bertz CT molecular complexity index is 775. The highest BCUT2D eigenvalue weighted by Crippen LogP contribution is 2.41. The number of anilines is 2. The maximum absolute atomic E-state index is 13.5. The molecule has 1 aromatic heterocycles. The molecule has 0 aliphatic heterocycles. The van der Waals surface area contributed by atoms with Gasteiger partial charge in [-0.25, -0.2) is 4.98 Å². The van der Waals surface area contributed by atoms with Gasteiger partial charge in [0.05, 0.1) is 20.6 Å². The number of thiazole rings is 1. The molecular weight excluding hydrogens is 442 g/mol. The Morgan fingerprint density at radius 1 is 1.07 bits per heavy atom. The zero-order valence-corrected chi connectivity index (χ0v) is 18.2. The summed E-state index contributed by atoms with van der Waals surface area (Å²) in [7, 11) is 0. The van der Waals surface area contributed by atoms with Gasteiger partial charge in [0, 0.05) is 23.7 Å². The molecular formula is C17H19Cl3F3N3S. The Hall–Kier alpha value is -0.730. The summed E-state index contributed by atoms with van der Waals surface area (Å²) in [5.41, 5.74) is -0.635. The van der Waals surface area contributed by atoms with Crippen LogP contribution < -0.4 is 5.32 Å². The van der Waals surface area contributed by atoms with Gasteiger partial charge in [0.2, 0.25) is 0 Å². The van der Waals surface area contributed by atoms with Gasteiger partial charge >= 0.3 is 6.18 Å². The standard InChI is InChI=1S/C17H19Cl3F3N3S/c1-8(2)26(9(3)4)7-13-15(17(21,22)23)25-16(27-13)24-14-11(19)5-10(18)6-12(14)20/h5-6,8-9H,7H2,1-4H3,(H,24,25). The van der Waals surface area contributed by atoms with E-state index in [-0.39, 0.29) is 44.4 Å². The second kappa shape index (κ2) is 8.74. The lowest BCUT2D eigenvalue weighted by atomic mass is 10.2. The monoisotopic (exact) mass is 459 g/mol. The average molecular weight is 461 g/mol. The Balaban J connectivity index is 2.42. The molecule has 0 amide bonds. The third-order valence-electron chi connectivity index (χ3n) is 3.86. The van der Waals surface area contributed by atoms with Crippen molar-refractivity contribution in [1.82, 2.24) is 9.88 Å². The van der Waals surface area contributed by atoms with Crippen LogP contribution in [0, 0.1) is 0 Å². The number of aromatic nitrogens is 1. The van der Waals surface area contributed by atoms with Crippen molar-refractivity contribution in [2.24, 2.45) is 0 Å². The molecule has 150 valence electrons. The van der Waals surface area contributed by atoms with Gasteiger partial charge in [-0.3, -0.25) is 4.90 Å². The molecule has 0 atom stereocenters. The maximum atomic E-state index is 13.5. The van der Waals surface area contributed by atoms with Crippen LogP contribution in [0.3, 0.4) is 0 Å². The second-order valence-corrected chi connectivity index (χ2v) is 8.85. The fraction of sp³-hybridized carbons (Fsp3) is 0.471. The van der Waals surface area contributed by atoms with Crippen molar-refractivity contribution in [3.8, 4) is 0 Å². The van der Waals surface area contributed by atoms with E-state index in [4.69, 9.17) is 34.8 Å². The molecule has 0 aliphatic carbocycles. The summed E-state index contributed by atoms with van der Waals surface area (Å²) in [5.74, 6) is 0. The summed E-state index contributed by atoms with van der Waals surface area (Å²) in [6.07, 6.45) is -4.56. The van der Waals surface area contributed by atoms with E-state index in [1.54, 1.807) is 0 Å². The van der Waals surface area contributed by atoms with Crippen LogP contribution in [0.5, 0.6) is 0 Å². The van der Waals surface area contributed by atoms with Crippen molar-refractivity contribution in [3.05, 3.63) is 37.8 Å². The number of alkyl halides is 3. The van der Waals surface area contributed by atoms with Gasteiger partial charge in [-0.15, -0.1) is 0 Å². The Kier molecular flexibility index (Phi) is 7.30. The number of nitrogens with one attached hydrogen (secondary N) is 1. The minimum absolute atomic E-state index is 0.0657. The molecule has 0 fully saturated rings. The minimum atomic E-state index is -4.56. The van der Waals surface area contributed by atoms with Gasteiger partial charge in [0.15, 0.2) is 10.8 Å². The van der Waals surface area contributed by atoms with Crippen LogP contribution in [0.1, 0.15) is 38.3 Å². The highest BCUT2D eigenvalue weighted by Gasteiger charge is 2.38. The lowest BCUT2D eigenvalue weighted by Gasteiger charge is -2.30. The number of rotatable bonds is 6. The molecule has 0 saturated carbocycles. The first kappa shape index (κ1) is 22.6. The van der Waals surface area contributed by atoms with Crippen LogP contribution in [-0.2, 0) is 12.7 Å². The van der Waals surface area contributed by atoms with E-state index in [0.29, 0.717) is 5.02 Å². The highest BCUT2D eigenvalue weighted by atomic mass is 35.5. The van der Waals surface area contributed by atoms with Crippen molar-refractivity contribution in [1.29, 1.82) is 0 Å². The molecule has 0 saturated heterocycles. The molecule has 2 rings (SSSR count). The third-order valence-corrected chi connectivity index (χ3v) is 5.63. The van der Waals surface area contributed by atoms with Gasteiger partial charge in [0.25, 0.3) is 0 Å². The number of benzene rings is 1. The van der Waals surface area contributed by atoms with Gasteiger partial charge in [-0.05, 0) is 39.8 Å². The van der Waals surface area contributed by atoms with Gasteiger partial charge < -0.3 is 5.32 Å². The van der Waals surface area contributed by atoms with E-state index in [1.165, 1.54) is 12.1 Å². The fourth-order valence-corrected chi connectivity index (χ4v) is 4.54. The number of halogens is 6. The normalized spacial score (nSPS) is 12.5. The van der Waals surface area contributed by atoms with E-state index in [9.17, 15) is 13.2 Å². The van der Waals surface area contributed by atoms with Crippen molar-refractivity contribution >= 4 is 57.0 Å². The van der Waals surface area contributed by atoms with E-state index in [0.717, 1.165) is 11.3 Å². The Labute approximate surface area is 175 Å². The molecule has 10 heteroatoms. The smallest absolute Gasteiger partial charge is 0.329 e. The minimum Gasteiger partial charge on any atom is -0.329 e. The molecule has 0 spiro atoms. The molecule has 1 aromatic carbocycles. The first-order valence-corrected chi connectivity index (χ1v) is 10.1. The fourth-order valence-electron chi connectivity index (χ4n) is 2.63. The lowest BCUT2D eigenvalue weighted by Crippen LogP contribution is -2.36. The molecule has 3 nitrogen and oxygen atoms in total. The summed E-state index contributed by atoms with van der Waals surface area (Å²) in [6, 6.07) is 3.08. The number of nitrogens with zero attached hydrogens (tertiary/aromatic N) is 2. The van der Waals surface area contributed by atoms with Gasteiger partial charge in [-0.2, -0.15) is 13.2 Å². The van der Waals surface area contributed by atoms with Crippen molar-refractivity contribution in [3.63, 3.8) is 0 Å². The van der Waals surface area contributed by atoms with Gasteiger partial charge in [-0.1, -0.05) is 46.1 Å². The molecule has 0 bridgehead atoms. The molecule has 0 radical (unpaired) electrons. The van der Waals surface area contributed by atoms with Crippen LogP contribution in [0.25, 0.3) is 0 Å². The quantitative estimate of drug-likeness (QED) is 0.484. The molecule has 27 heavy (non-hydrogen) atoms. The third kappa shape index (κ3) is 5.64. The van der Waals surface area contributed by atoms with E-state index < -0.39 is 11.9 Å². The van der Waals surface area contributed by atoms with Crippen molar-refractivity contribution in [2.75, 3.05) is 5.32 Å². The lowest BCUT2D eigenvalue weighted by molar-refractivity contribution is -0.141. The largest absolute Gasteiger partial charge is 0.434 e. The maximum Gasteiger partial charge on any atom is 0.434 e. The zero-order valence-electron chi connectivity index (χ0n) is 15.1. The summed E-state index contributed by atoms with van der Waals surface area (Å²) in [5, 5.41) is 3.59. The van der Waals surface area contributed by atoms with Crippen LogP contribution in [-0.4, -0.2) is 22.0 Å². The topological polar surface area (TPSA) is 28.2 Å². The summed E-state index contributed by atoms with van der Waals surface area (Å²) in [6.45, 7) is 7.93. The Morgan fingerprint density at radius 3 is 2.04 bits per heavy atom. The average Bonchev–Trinajstić information content (AvgIpc) is 2.90. The molecule has 0 aliphatic rings. The highest BCUT2D eigenvalue weighted by molar-refractivity contribution is 7.15. The molecule has 2 aromatic rings. The molecule has 1 N–H and O–H groups in total. The van der Waals surface area contributed by atoms with E-state index in [2.05, 4.69) is 10.3 Å². The van der Waals surface area contributed by atoms with Crippen LogP contribution in [0.4, 0.5) is 24.0 Å². The zero-order chi connectivity index (χ0) is 20.5. The summed E-state index contributed by atoms with van der Waals surface area (Å²) >= 11 is 19.0. The predicted molar refractivity (Wildman–Crippen MR) is 108 cm³/mol. The van der Waals surface area contributed by atoms with Crippen LogP contribution in [0.15, 0.2) is 12.1 Å². The number of hydrogen-bond acceptors (Lipinski definition) is 4. The van der Waals surface area contributed by atoms with Gasteiger partial charge in [0.1, 0.15) is 0 Å².